The van der Waals surface area contributed by atoms with Crippen molar-refractivity contribution < 1.29 is 0 Å². The molecule has 6 nitrogen and oxygen atoms in total. The van der Waals surface area contributed by atoms with Gasteiger partial charge in [0.15, 0.2) is 5.82 Å². The van der Waals surface area contributed by atoms with Crippen LogP contribution in [0.25, 0.3) is 11.1 Å². The third kappa shape index (κ3) is 4.28. The first-order chi connectivity index (χ1) is 18.8. The predicted molar refractivity (Wildman–Crippen MR) is 162 cm³/mol. The number of allylic oxidation sites excluding steroid dienone is 7. The molecule has 2 aromatic heterocycles. The molecule has 5 heterocycles. The van der Waals surface area contributed by atoms with Crippen molar-refractivity contribution in [1.82, 2.24) is 14.3 Å². The summed E-state index contributed by atoms with van der Waals surface area (Å²) in [5.41, 5.74) is 6.96. The molecule has 0 spiro atoms. The maximum atomic E-state index is 5.40. The predicted octanol–water partition coefficient (Wildman–Crippen LogP) is 6.56. The molecule has 7 heteroatoms. The van der Waals surface area contributed by atoms with E-state index in [1.807, 2.05) is 23.6 Å². The zero-order valence-corrected chi connectivity index (χ0v) is 22.8. The van der Waals surface area contributed by atoms with Crippen molar-refractivity contribution >= 4 is 44.4 Å². The minimum absolute atomic E-state index is 0.282. The lowest BCUT2D eigenvalue weighted by Crippen LogP contribution is -2.39. The standard InChI is InChI=1S/C31H34N6S/c1-38(25-11-6-12-25)36-19-7-10-24(21-36)29-27-15-17-32-30(27)37-31(35-29)26(16-18-34-37)23-13-14-28(33-20-23)22-8-4-2-3-5-9-22/h2-5,8,13-15,17-18,20,24,32H,6-7,9-12,16,19,21H2,1H3. The zero-order chi connectivity index (χ0) is 25.5. The molecular formula is C31H34N6S. The van der Waals surface area contributed by atoms with Crippen LogP contribution in [0, 0.1) is 5.92 Å². The molecule has 2 fully saturated rings. The van der Waals surface area contributed by atoms with E-state index in [1.54, 1.807) is 4.86 Å². The van der Waals surface area contributed by atoms with Gasteiger partial charge in [0, 0.05) is 60.7 Å². The summed E-state index contributed by atoms with van der Waals surface area (Å²) in [6, 6.07) is 6.52. The van der Waals surface area contributed by atoms with Crippen LogP contribution >= 0.6 is 10.7 Å². The van der Waals surface area contributed by atoms with Crippen LogP contribution in [-0.2, 0) is 0 Å². The SMILES string of the molecule is CS(=C1CCC1)N1CCCC(C2=NC3=C(c4ccc(C5=CC=CC=CC5)nc4)CC=NN3c3[nH]ccc32)C1. The van der Waals surface area contributed by atoms with Gasteiger partial charge in [0.05, 0.1) is 11.4 Å². The maximum Gasteiger partial charge on any atom is 0.160 e. The van der Waals surface area contributed by atoms with Gasteiger partial charge in [-0.15, -0.1) is 10.7 Å². The van der Waals surface area contributed by atoms with E-state index in [0.29, 0.717) is 5.92 Å². The second-order valence-corrected chi connectivity index (χ2v) is 12.6. The number of piperidine rings is 1. The van der Waals surface area contributed by atoms with Crippen LogP contribution in [-0.4, -0.2) is 50.4 Å². The zero-order valence-electron chi connectivity index (χ0n) is 21.9. The van der Waals surface area contributed by atoms with Crippen molar-refractivity contribution in [2.24, 2.45) is 16.0 Å². The van der Waals surface area contributed by atoms with Gasteiger partial charge in [0.25, 0.3) is 0 Å². The molecule has 1 N–H and O–H groups in total. The number of nitrogens with one attached hydrogen (secondary N) is 1. The number of aliphatic imine (C=N–C) groups is 1. The molecule has 38 heavy (non-hydrogen) atoms. The molecule has 2 aliphatic carbocycles. The van der Waals surface area contributed by atoms with Crippen molar-refractivity contribution in [2.45, 2.75) is 44.9 Å². The summed E-state index contributed by atoms with van der Waals surface area (Å²) in [7, 11) is 0.282. The Morgan fingerprint density at radius 3 is 2.84 bits per heavy atom. The molecule has 7 rings (SSSR count). The summed E-state index contributed by atoms with van der Waals surface area (Å²) in [6.07, 6.45) is 27.1. The van der Waals surface area contributed by atoms with Gasteiger partial charge in [-0.25, -0.2) is 4.99 Å². The number of hydrogen-bond donors (Lipinski definition) is 1. The van der Waals surface area contributed by atoms with Gasteiger partial charge in [0.1, 0.15) is 5.82 Å². The fraction of sp³-hybridized carbons (Fsp3) is 0.355. The van der Waals surface area contributed by atoms with Crippen molar-refractivity contribution in [3.63, 3.8) is 0 Å². The van der Waals surface area contributed by atoms with Gasteiger partial charge in [-0.1, -0.05) is 36.4 Å². The summed E-state index contributed by atoms with van der Waals surface area (Å²) in [6.45, 7) is 2.30. The average Bonchev–Trinajstić information content (AvgIpc) is 3.27. The number of aromatic amines is 1. The molecular weight excluding hydrogens is 488 g/mol. The van der Waals surface area contributed by atoms with Crippen molar-refractivity contribution in [3.05, 3.63) is 83.6 Å². The Kier molecular flexibility index (Phi) is 6.34. The summed E-state index contributed by atoms with van der Waals surface area (Å²) < 4.78 is 2.73. The molecule has 2 aromatic rings. The minimum Gasteiger partial charge on any atom is -0.346 e. The first kappa shape index (κ1) is 23.8. The van der Waals surface area contributed by atoms with Crippen LogP contribution in [0.1, 0.15) is 61.8 Å². The largest absolute Gasteiger partial charge is 0.346 e. The van der Waals surface area contributed by atoms with Crippen LogP contribution in [0.3, 0.4) is 0 Å². The van der Waals surface area contributed by atoms with Crippen molar-refractivity contribution in [3.8, 4) is 0 Å². The van der Waals surface area contributed by atoms with Gasteiger partial charge < -0.3 is 4.98 Å². The molecule has 194 valence electrons. The first-order valence-corrected chi connectivity index (χ1v) is 15.4. The van der Waals surface area contributed by atoms with Crippen LogP contribution in [0.15, 0.2) is 76.9 Å². The number of nitrogens with zero attached hydrogens (tertiary/aromatic N) is 5. The highest BCUT2D eigenvalue weighted by Crippen LogP contribution is 2.40. The van der Waals surface area contributed by atoms with Crippen LogP contribution in [0.4, 0.5) is 5.82 Å². The molecule has 1 saturated heterocycles. The van der Waals surface area contributed by atoms with Gasteiger partial charge in [-0.05, 0) is 67.4 Å². The molecule has 0 bridgehead atoms. The number of hydrogen-bond acceptors (Lipinski definition) is 5. The van der Waals surface area contributed by atoms with E-state index < -0.39 is 0 Å². The highest BCUT2D eigenvalue weighted by molar-refractivity contribution is 8.13. The molecule has 0 radical (unpaired) electrons. The monoisotopic (exact) mass is 522 g/mol. The molecule has 0 amide bonds. The van der Waals surface area contributed by atoms with Crippen LogP contribution in [0.5, 0.6) is 0 Å². The Morgan fingerprint density at radius 2 is 2.00 bits per heavy atom. The van der Waals surface area contributed by atoms with E-state index in [0.717, 1.165) is 42.3 Å². The summed E-state index contributed by atoms with van der Waals surface area (Å²) in [5.74, 6) is 2.40. The molecule has 1 saturated carbocycles. The highest BCUT2D eigenvalue weighted by Gasteiger charge is 2.35. The Morgan fingerprint density at radius 1 is 1.05 bits per heavy atom. The maximum absolute atomic E-state index is 5.40. The second kappa shape index (κ2) is 10.1. The topological polar surface area (TPSA) is 59.9 Å². The van der Waals surface area contributed by atoms with E-state index in [4.69, 9.17) is 15.1 Å². The van der Waals surface area contributed by atoms with Crippen molar-refractivity contribution in [2.75, 3.05) is 24.4 Å². The Hall–Kier alpha value is -3.29. The lowest BCUT2D eigenvalue weighted by atomic mass is 9.89. The fourth-order valence-electron chi connectivity index (χ4n) is 5.98. The number of fused-ring (bicyclic) bond motifs is 3. The summed E-state index contributed by atoms with van der Waals surface area (Å²) >= 11 is 0. The lowest BCUT2D eigenvalue weighted by molar-refractivity contribution is 0.338. The number of rotatable bonds is 4. The minimum atomic E-state index is 0.282. The first-order valence-electron chi connectivity index (χ1n) is 13.8. The highest BCUT2D eigenvalue weighted by atomic mass is 32.2. The van der Waals surface area contributed by atoms with E-state index in [9.17, 15) is 0 Å². The smallest absolute Gasteiger partial charge is 0.160 e. The molecule has 3 aliphatic heterocycles. The quantitative estimate of drug-likeness (QED) is 0.463. The van der Waals surface area contributed by atoms with Gasteiger partial charge >= 0.3 is 0 Å². The number of H-pyrrole nitrogens is 1. The fourth-order valence-corrected chi connectivity index (χ4v) is 8.04. The van der Waals surface area contributed by atoms with Gasteiger partial charge in [-0.3, -0.25) is 9.29 Å². The summed E-state index contributed by atoms with van der Waals surface area (Å²) in [4.78, 5) is 15.5. The molecule has 0 aromatic carbocycles. The Bertz CT molecular complexity index is 1460. The third-order valence-corrected chi connectivity index (χ3v) is 10.7. The lowest BCUT2D eigenvalue weighted by Gasteiger charge is -2.38. The molecule has 2 atom stereocenters. The Labute approximate surface area is 227 Å². The number of hydrazone groups is 1. The average molecular weight is 523 g/mol. The number of aromatic nitrogens is 2. The Balaban J connectivity index is 1.24. The molecule has 2 unspecified atom stereocenters. The summed E-state index contributed by atoms with van der Waals surface area (Å²) in [5, 5.41) is 6.75. The molecule has 5 aliphatic rings. The van der Waals surface area contributed by atoms with E-state index >= 15 is 0 Å². The van der Waals surface area contributed by atoms with E-state index in [1.165, 1.54) is 61.1 Å². The van der Waals surface area contributed by atoms with Gasteiger partial charge in [-0.2, -0.15) is 10.1 Å². The third-order valence-electron chi connectivity index (χ3n) is 8.32. The normalized spacial score (nSPS) is 23.9. The van der Waals surface area contributed by atoms with Crippen molar-refractivity contribution in [1.29, 1.82) is 0 Å². The van der Waals surface area contributed by atoms with Crippen LogP contribution < -0.4 is 5.01 Å². The number of pyridine rings is 1. The van der Waals surface area contributed by atoms with E-state index in [2.05, 4.69) is 64.1 Å². The van der Waals surface area contributed by atoms with Crippen LogP contribution in [0.2, 0.25) is 0 Å². The number of anilines is 1. The van der Waals surface area contributed by atoms with E-state index in [-0.39, 0.29) is 10.7 Å². The second-order valence-electron chi connectivity index (χ2n) is 10.6. The van der Waals surface area contributed by atoms with Gasteiger partial charge in [0.2, 0.25) is 0 Å².